The molecule has 186 valence electrons. The van der Waals surface area contributed by atoms with Gasteiger partial charge in [0.1, 0.15) is 11.6 Å². The summed E-state index contributed by atoms with van der Waals surface area (Å²) >= 11 is 0. The fraction of sp³-hybridized carbons (Fsp3) is 0.654. The van der Waals surface area contributed by atoms with Gasteiger partial charge in [0.05, 0.1) is 17.4 Å². The van der Waals surface area contributed by atoms with Crippen LogP contribution in [0.3, 0.4) is 0 Å². The highest BCUT2D eigenvalue weighted by Crippen LogP contribution is 2.65. The zero-order valence-corrected chi connectivity index (χ0v) is 20.4. The summed E-state index contributed by atoms with van der Waals surface area (Å²) in [6.07, 6.45) is 3.74. The van der Waals surface area contributed by atoms with Gasteiger partial charge in [0.2, 0.25) is 17.7 Å². The molecule has 6 atom stereocenters. The monoisotopic (exact) mass is 471 g/mol. The van der Waals surface area contributed by atoms with Crippen molar-refractivity contribution in [2.75, 3.05) is 20.2 Å². The number of likely N-dealkylation sites (tertiary alicyclic amines) is 1. The lowest BCUT2D eigenvalue weighted by atomic mass is 9.62. The van der Waals surface area contributed by atoms with Gasteiger partial charge in [0.25, 0.3) is 0 Å². The van der Waals surface area contributed by atoms with Gasteiger partial charge in [-0.25, -0.2) is 0 Å². The van der Waals surface area contributed by atoms with Gasteiger partial charge in [-0.1, -0.05) is 50.1 Å². The molecule has 0 saturated carbocycles. The molecule has 3 fully saturated rings. The van der Waals surface area contributed by atoms with Crippen LogP contribution in [-0.2, 0) is 25.7 Å². The maximum atomic E-state index is 13.8. The zero-order chi connectivity index (χ0) is 24.5. The van der Waals surface area contributed by atoms with Gasteiger partial charge in [-0.3, -0.25) is 14.4 Å². The first-order chi connectivity index (χ1) is 16.3. The summed E-state index contributed by atoms with van der Waals surface area (Å²) in [7, 11) is 1.58. The van der Waals surface area contributed by atoms with Gasteiger partial charge in [-0.15, -0.1) is 0 Å². The van der Waals surface area contributed by atoms with Crippen LogP contribution in [0.15, 0.2) is 30.3 Å². The molecule has 3 aliphatic rings. The Morgan fingerprint density at radius 2 is 1.85 bits per heavy atom. The summed E-state index contributed by atoms with van der Waals surface area (Å²) in [4.78, 5) is 42.1. The van der Waals surface area contributed by atoms with Gasteiger partial charge in [0, 0.05) is 26.7 Å². The van der Waals surface area contributed by atoms with Crippen molar-refractivity contribution in [3.8, 4) is 0 Å². The standard InChI is InChI=1S/C26H37N3O5/c1-17-15-26-20(19(22(31)27-3)25(17,2)34-26)24(33)29(13-9-4-5-10-14-30)21(26)23(32)28-16-18-11-7-6-8-12-18/h6-8,11-12,17,19-21,30H,4-5,9-10,13-16H2,1-3H3,(H,27,31)(H,28,32)/t17?,19-,20+,21?,25+,26?/m1/s1. The summed E-state index contributed by atoms with van der Waals surface area (Å²) in [5.74, 6) is -1.86. The predicted molar refractivity (Wildman–Crippen MR) is 126 cm³/mol. The van der Waals surface area contributed by atoms with Crippen molar-refractivity contribution in [2.24, 2.45) is 17.8 Å². The van der Waals surface area contributed by atoms with Crippen LogP contribution in [0.5, 0.6) is 0 Å². The van der Waals surface area contributed by atoms with E-state index in [1.54, 1.807) is 11.9 Å². The molecule has 0 aliphatic carbocycles. The van der Waals surface area contributed by atoms with E-state index in [4.69, 9.17) is 9.84 Å². The average Bonchev–Trinajstić information content (AvgIpc) is 3.34. The van der Waals surface area contributed by atoms with Gasteiger partial charge in [-0.2, -0.15) is 0 Å². The number of carbonyl (C=O) groups is 3. The number of amides is 3. The van der Waals surface area contributed by atoms with Crippen LogP contribution in [0, 0.1) is 17.8 Å². The van der Waals surface area contributed by atoms with Crippen LogP contribution in [0.2, 0.25) is 0 Å². The maximum absolute atomic E-state index is 13.8. The quantitative estimate of drug-likeness (QED) is 0.450. The molecular formula is C26H37N3O5. The van der Waals surface area contributed by atoms with Crippen molar-refractivity contribution in [1.29, 1.82) is 0 Å². The zero-order valence-electron chi connectivity index (χ0n) is 20.4. The van der Waals surface area contributed by atoms with Crippen LogP contribution in [0.1, 0.15) is 51.5 Å². The topological polar surface area (TPSA) is 108 Å². The largest absolute Gasteiger partial charge is 0.396 e. The fourth-order valence-corrected chi connectivity index (χ4v) is 6.46. The Bertz CT molecular complexity index is 924. The second kappa shape index (κ2) is 9.66. The molecule has 1 aromatic carbocycles. The molecule has 4 rings (SSSR count). The number of ether oxygens (including phenoxy) is 1. The van der Waals surface area contributed by atoms with Gasteiger partial charge in [0.15, 0.2) is 0 Å². The number of nitrogens with one attached hydrogen (secondary N) is 2. The Morgan fingerprint density at radius 1 is 1.15 bits per heavy atom. The molecule has 1 aromatic rings. The molecule has 3 saturated heterocycles. The second-order valence-electron chi connectivity index (χ2n) is 10.2. The normalized spacial score (nSPS) is 33.8. The molecule has 3 N–H and O–H groups in total. The Morgan fingerprint density at radius 3 is 2.53 bits per heavy atom. The van der Waals surface area contributed by atoms with Crippen LogP contribution in [0.4, 0.5) is 0 Å². The van der Waals surface area contributed by atoms with E-state index in [0.717, 1.165) is 31.2 Å². The van der Waals surface area contributed by atoms with E-state index >= 15 is 0 Å². The van der Waals surface area contributed by atoms with Crippen molar-refractivity contribution < 1.29 is 24.2 Å². The number of carbonyl (C=O) groups excluding carboxylic acids is 3. The number of fused-ring (bicyclic) bond motifs is 1. The highest BCUT2D eigenvalue weighted by molar-refractivity contribution is 5.99. The van der Waals surface area contributed by atoms with Crippen LogP contribution in [-0.4, -0.2) is 65.2 Å². The molecular weight excluding hydrogens is 434 g/mol. The van der Waals surface area contributed by atoms with E-state index in [-0.39, 0.29) is 30.2 Å². The summed E-state index contributed by atoms with van der Waals surface area (Å²) in [6.45, 7) is 4.90. The van der Waals surface area contributed by atoms with E-state index in [1.165, 1.54) is 0 Å². The number of aliphatic hydroxyl groups excluding tert-OH is 1. The Balaban J connectivity index is 1.63. The first-order valence-electron chi connectivity index (χ1n) is 12.4. The second-order valence-corrected chi connectivity index (χ2v) is 10.2. The summed E-state index contributed by atoms with van der Waals surface area (Å²) in [5, 5.41) is 14.8. The van der Waals surface area contributed by atoms with E-state index in [1.807, 2.05) is 44.2 Å². The first-order valence-corrected chi connectivity index (χ1v) is 12.4. The van der Waals surface area contributed by atoms with Crippen molar-refractivity contribution >= 4 is 17.7 Å². The minimum atomic E-state index is -1.01. The molecule has 1 spiro atoms. The van der Waals surface area contributed by atoms with Gasteiger partial charge >= 0.3 is 0 Å². The predicted octanol–water partition coefficient (Wildman–Crippen LogP) is 1.61. The molecule has 3 aliphatic heterocycles. The molecule has 8 heteroatoms. The highest BCUT2D eigenvalue weighted by Gasteiger charge is 2.79. The summed E-state index contributed by atoms with van der Waals surface area (Å²) in [5.41, 5.74) is -0.815. The van der Waals surface area contributed by atoms with Crippen LogP contribution >= 0.6 is 0 Å². The summed E-state index contributed by atoms with van der Waals surface area (Å²) < 4.78 is 6.63. The van der Waals surface area contributed by atoms with E-state index in [0.29, 0.717) is 19.5 Å². The SMILES string of the molecule is CNC(=O)[C@H]1[C@H]2C(=O)N(CCCCCCO)C(C(=O)NCc3ccccc3)C23CC(C)[C@]1(C)O3. The number of aliphatic hydroxyl groups is 1. The smallest absolute Gasteiger partial charge is 0.246 e. The minimum Gasteiger partial charge on any atom is -0.396 e. The lowest BCUT2D eigenvalue weighted by molar-refractivity contribution is -0.147. The number of unbranched alkanes of at least 4 members (excludes halogenated alkanes) is 3. The van der Waals surface area contributed by atoms with Crippen molar-refractivity contribution in [3.63, 3.8) is 0 Å². The molecule has 3 unspecified atom stereocenters. The van der Waals surface area contributed by atoms with Gasteiger partial charge < -0.3 is 25.4 Å². The lowest BCUT2D eigenvalue weighted by Gasteiger charge is -2.36. The van der Waals surface area contributed by atoms with Crippen molar-refractivity contribution in [1.82, 2.24) is 15.5 Å². The third-order valence-electron chi connectivity index (χ3n) is 8.21. The van der Waals surface area contributed by atoms with Crippen LogP contribution < -0.4 is 10.6 Å². The molecule has 34 heavy (non-hydrogen) atoms. The lowest BCUT2D eigenvalue weighted by Crippen LogP contribution is -2.55. The third-order valence-corrected chi connectivity index (χ3v) is 8.21. The Kier molecular flexibility index (Phi) is 7.01. The number of hydrogen-bond acceptors (Lipinski definition) is 5. The summed E-state index contributed by atoms with van der Waals surface area (Å²) in [6, 6.07) is 8.89. The molecule has 0 radical (unpaired) electrons. The Hall–Kier alpha value is -2.45. The van der Waals surface area contributed by atoms with Crippen molar-refractivity contribution in [3.05, 3.63) is 35.9 Å². The number of rotatable bonds is 10. The third kappa shape index (κ3) is 3.90. The average molecular weight is 472 g/mol. The van der Waals surface area contributed by atoms with E-state index < -0.39 is 29.1 Å². The molecule has 3 heterocycles. The van der Waals surface area contributed by atoms with E-state index in [9.17, 15) is 14.4 Å². The Labute approximate surface area is 201 Å². The molecule has 8 nitrogen and oxygen atoms in total. The maximum Gasteiger partial charge on any atom is 0.246 e. The fourth-order valence-electron chi connectivity index (χ4n) is 6.46. The minimum absolute atomic E-state index is 0.0350. The van der Waals surface area contributed by atoms with E-state index in [2.05, 4.69) is 10.6 Å². The number of nitrogens with zero attached hydrogens (tertiary/aromatic N) is 1. The molecule has 2 bridgehead atoms. The van der Waals surface area contributed by atoms with Gasteiger partial charge in [-0.05, 0) is 37.7 Å². The number of hydrogen-bond donors (Lipinski definition) is 3. The first kappa shape index (κ1) is 24.7. The molecule has 3 amide bonds. The highest BCUT2D eigenvalue weighted by atomic mass is 16.5. The molecule has 0 aromatic heterocycles. The van der Waals surface area contributed by atoms with Crippen LogP contribution in [0.25, 0.3) is 0 Å². The van der Waals surface area contributed by atoms with Crippen molar-refractivity contribution in [2.45, 2.75) is 69.7 Å². The number of benzene rings is 1.